The number of halogens is 2. The van der Waals surface area contributed by atoms with E-state index in [1.807, 2.05) is 18.2 Å². The van der Waals surface area contributed by atoms with Crippen LogP contribution >= 0.6 is 23.2 Å². The first kappa shape index (κ1) is 19.2. The second-order valence-electron chi connectivity index (χ2n) is 5.45. The van der Waals surface area contributed by atoms with Crippen molar-refractivity contribution in [2.45, 2.75) is 13.1 Å². The standard InChI is InChI=1S/C18H20Cl2N2O3/c1-22(11-13-4-6-14(19)15(20)8-13)18(23)21-10-12-5-7-16(24-2)17(9-12)25-3/h4-9H,10-11H2,1-3H3,(H,21,23). The SMILES string of the molecule is COc1ccc(CNC(=O)N(C)Cc2ccc(Cl)c(Cl)c2)cc1OC. The molecule has 0 aliphatic heterocycles. The van der Waals surface area contributed by atoms with Gasteiger partial charge in [-0.25, -0.2) is 4.79 Å². The summed E-state index contributed by atoms with van der Waals surface area (Å²) in [6.45, 7) is 0.805. The van der Waals surface area contributed by atoms with E-state index >= 15 is 0 Å². The lowest BCUT2D eigenvalue weighted by atomic mass is 10.2. The van der Waals surface area contributed by atoms with Crippen LogP contribution in [0.15, 0.2) is 36.4 Å². The van der Waals surface area contributed by atoms with Crippen LogP contribution in [0, 0.1) is 0 Å². The smallest absolute Gasteiger partial charge is 0.317 e. The number of methoxy groups -OCH3 is 2. The van der Waals surface area contributed by atoms with Crippen molar-refractivity contribution in [3.8, 4) is 11.5 Å². The van der Waals surface area contributed by atoms with Gasteiger partial charge in [-0.3, -0.25) is 0 Å². The van der Waals surface area contributed by atoms with Crippen LogP contribution in [-0.4, -0.2) is 32.2 Å². The molecular formula is C18H20Cl2N2O3. The first-order valence-electron chi connectivity index (χ1n) is 7.58. The number of carbonyl (C=O) groups is 1. The third kappa shape index (κ3) is 5.18. The van der Waals surface area contributed by atoms with E-state index in [0.717, 1.165) is 11.1 Å². The lowest BCUT2D eigenvalue weighted by Crippen LogP contribution is -2.36. The van der Waals surface area contributed by atoms with Crippen molar-refractivity contribution in [2.24, 2.45) is 0 Å². The minimum Gasteiger partial charge on any atom is -0.493 e. The van der Waals surface area contributed by atoms with Gasteiger partial charge in [0, 0.05) is 20.1 Å². The molecule has 0 saturated carbocycles. The first-order valence-corrected chi connectivity index (χ1v) is 8.34. The van der Waals surface area contributed by atoms with Crippen molar-refractivity contribution < 1.29 is 14.3 Å². The fourth-order valence-electron chi connectivity index (χ4n) is 2.29. The molecule has 7 heteroatoms. The van der Waals surface area contributed by atoms with Gasteiger partial charge in [0.2, 0.25) is 0 Å². The molecule has 0 heterocycles. The summed E-state index contributed by atoms with van der Waals surface area (Å²) in [7, 11) is 4.87. The molecule has 2 rings (SSSR count). The molecule has 0 radical (unpaired) electrons. The maximum absolute atomic E-state index is 12.2. The van der Waals surface area contributed by atoms with E-state index in [2.05, 4.69) is 5.32 Å². The minimum absolute atomic E-state index is 0.194. The van der Waals surface area contributed by atoms with Gasteiger partial charge in [0.15, 0.2) is 11.5 Å². The fourth-order valence-corrected chi connectivity index (χ4v) is 2.61. The van der Waals surface area contributed by atoms with Crippen molar-refractivity contribution in [2.75, 3.05) is 21.3 Å². The number of nitrogens with zero attached hydrogens (tertiary/aromatic N) is 1. The number of ether oxygens (including phenoxy) is 2. The van der Waals surface area contributed by atoms with Crippen LogP contribution < -0.4 is 14.8 Å². The summed E-state index contributed by atoms with van der Waals surface area (Å²) in [5, 5.41) is 3.83. The highest BCUT2D eigenvalue weighted by molar-refractivity contribution is 6.42. The van der Waals surface area contributed by atoms with E-state index in [1.165, 1.54) is 0 Å². The Morgan fingerprint density at radius 2 is 1.68 bits per heavy atom. The van der Waals surface area contributed by atoms with Crippen molar-refractivity contribution in [1.29, 1.82) is 0 Å². The van der Waals surface area contributed by atoms with Crippen LogP contribution in [0.5, 0.6) is 11.5 Å². The summed E-state index contributed by atoms with van der Waals surface area (Å²) >= 11 is 11.9. The molecule has 0 saturated heterocycles. The number of amides is 2. The van der Waals surface area contributed by atoms with Crippen LogP contribution in [0.2, 0.25) is 10.0 Å². The third-order valence-corrected chi connectivity index (χ3v) is 4.38. The number of carbonyl (C=O) groups excluding carboxylic acids is 1. The second kappa shape index (κ2) is 8.83. The number of rotatable bonds is 6. The van der Waals surface area contributed by atoms with Crippen LogP contribution in [0.1, 0.15) is 11.1 Å². The Morgan fingerprint density at radius 3 is 2.32 bits per heavy atom. The molecule has 5 nitrogen and oxygen atoms in total. The van der Waals surface area contributed by atoms with Crippen molar-refractivity contribution in [3.05, 3.63) is 57.6 Å². The number of benzene rings is 2. The summed E-state index contributed by atoms with van der Waals surface area (Å²) in [6.07, 6.45) is 0. The van der Waals surface area contributed by atoms with E-state index in [4.69, 9.17) is 32.7 Å². The molecule has 0 bridgehead atoms. The van der Waals surface area contributed by atoms with Gasteiger partial charge >= 0.3 is 6.03 Å². The summed E-state index contributed by atoms with van der Waals surface area (Å²) in [6, 6.07) is 10.6. The largest absolute Gasteiger partial charge is 0.493 e. The molecule has 0 fully saturated rings. The maximum Gasteiger partial charge on any atom is 0.317 e. The van der Waals surface area contributed by atoms with Gasteiger partial charge in [-0.15, -0.1) is 0 Å². The van der Waals surface area contributed by atoms with Crippen molar-refractivity contribution in [3.63, 3.8) is 0 Å². The van der Waals surface area contributed by atoms with Crippen molar-refractivity contribution in [1.82, 2.24) is 10.2 Å². The van der Waals surface area contributed by atoms with Gasteiger partial charge in [-0.1, -0.05) is 35.3 Å². The van der Waals surface area contributed by atoms with Gasteiger partial charge in [0.1, 0.15) is 0 Å². The number of nitrogens with one attached hydrogen (secondary N) is 1. The predicted molar refractivity (Wildman–Crippen MR) is 99.7 cm³/mol. The minimum atomic E-state index is -0.194. The monoisotopic (exact) mass is 382 g/mol. The number of hydrogen-bond donors (Lipinski definition) is 1. The van der Waals surface area contributed by atoms with Gasteiger partial charge in [0.05, 0.1) is 24.3 Å². The zero-order chi connectivity index (χ0) is 18.4. The molecule has 1 N–H and O–H groups in total. The molecular weight excluding hydrogens is 363 g/mol. The molecule has 0 unspecified atom stereocenters. The van der Waals surface area contributed by atoms with Gasteiger partial charge in [-0.2, -0.15) is 0 Å². The van der Waals surface area contributed by atoms with E-state index in [-0.39, 0.29) is 6.03 Å². The summed E-state index contributed by atoms with van der Waals surface area (Å²) in [4.78, 5) is 13.8. The quantitative estimate of drug-likeness (QED) is 0.807. The Bertz CT molecular complexity index is 753. The fraction of sp³-hybridized carbons (Fsp3) is 0.278. The molecule has 134 valence electrons. The topological polar surface area (TPSA) is 50.8 Å². The average Bonchev–Trinajstić information content (AvgIpc) is 2.62. The molecule has 2 aromatic carbocycles. The van der Waals surface area contributed by atoms with E-state index in [1.54, 1.807) is 44.4 Å². The Labute approximate surface area is 157 Å². The molecule has 2 aromatic rings. The van der Waals surface area contributed by atoms with Crippen molar-refractivity contribution >= 4 is 29.2 Å². The highest BCUT2D eigenvalue weighted by Crippen LogP contribution is 2.27. The summed E-state index contributed by atoms with van der Waals surface area (Å²) < 4.78 is 10.5. The molecule has 0 aliphatic rings. The molecule has 0 atom stereocenters. The maximum atomic E-state index is 12.2. The normalized spacial score (nSPS) is 10.3. The number of hydrogen-bond acceptors (Lipinski definition) is 3. The lowest BCUT2D eigenvalue weighted by Gasteiger charge is -2.18. The Kier molecular flexibility index (Phi) is 6.79. The highest BCUT2D eigenvalue weighted by Gasteiger charge is 2.11. The Morgan fingerprint density at radius 1 is 1.00 bits per heavy atom. The van der Waals surface area contributed by atoms with Crippen LogP contribution in [0.4, 0.5) is 4.79 Å². The molecule has 2 amide bonds. The van der Waals surface area contributed by atoms with Gasteiger partial charge < -0.3 is 19.7 Å². The Hall–Kier alpha value is -2.11. The third-order valence-electron chi connectivity index (χ3n) is 3.64. The van der Waals surface area contributed by atoms with E-state index in [0.29, 0.717) is 34.6 Å². The zero-order valence-electron chi connectivity index (χ0n) is 14.3. The van der Waals surface area contributed by atoms with E-state index in [9.17, 15) is 4.79 Å². The summed E-state index contributed by atoms with van der Waals surface area (Å²) in [5.41, 5.74) is 1.81. The lowest BCUT2D eigenvalue weighted by molar-refractivity contribution is 0.206. The highest BCUT2D eigenvalue weighted by atomic mass is 35.5. The van der Waals surface area contributed by atoms with Gasteiger partial charge in [0.25, 0.3) is 0 Å². The van der Waals surface area contributed by atoms with Crippen LogP contribution in [0.25, 0.3) is 0 Å². The van der Waals surface area contributed by atoms with Gasteiger partial charge in [-0.05, 0) is 35.4 Å². The van der Waals surface area contributed by atoms with Crippen LogP contribution in [0.3, 0.4) is 0 Å². The van der Waals surface area contributed by atoms with Crippen LogP contribution in [-0.2, 0) is 13.1 Å². The summed E-state index contributed by atoms with van der Waals surface area (Å²) in [5.74, 6) is 1.27. The molecule has 25 heavy (non-hydrogen) atoms. The number of urea groups is 1. The zero-order valence-corrected chi connectivity index (χ0v) is 15.8. The van der Waals surface area contributed by atoms with E-state index < -0.39 is 0 Å². The predicted octanol–water partition coefficient (Wildman–Crippen LogP) is 4.35. The second-order valence-corrected chi connectivity index (χ2v) is 6.27. The molecule has 0 aromatic heterocycles. The molecule has 0 aliphatic carbocycles. The Balaban J connectivity index is 1.94. The molecule has 0 spiro atoms. The average molecular weight is 383 g/mol. The first-order chi connectivity index (χ1) is 11.9.